The zero-order valence-electron chi connectivity index (χ0n) is 10.9. The van der Waals surface area contributed by atoms with Gasteiger partial charge in [-0.25, -0.2) is 0 Å². The monoisotopic (exact) mass is 259 g/mol. The van der Waals surface area contributed by atoms with Crippen molar-refractivity contribution in [1.29, 1.82) is 0 Å². The lowest BCUT2D eigenvalue weighted by molar-refractivity contribution is 0.0733. The smallest absolute Gasteiger partial charge is 0.276 e. The van der Waals surface area contributed by atoms with E-state index in [1.807, 2.05) is 31.2 Å². The van der Waals surface area contributed by atoms with E-state index in [0.717, 1.165) is 12.0 Å². The second kappa shape index (κ2) is 6.04. The summed E-state index contributed by atoms with van der Waals surface area (Å²) in [6, 6.07) is 9.12. The standard InChI is InChI=1S/C14H17N3O2/c1-2-8-17(14(18)13-7-9-19-16-13)10-11-5-3-4-6-12(11)15/h3-7,9H,2,8,10,15H2,1H3. The van der Waals surface area contributed by atoms with Crippen LogP contribution in [0.3, 0.4) is 0 Å². The minimum absolute atomic E-state index is 0.140. The molecule has 0 aliphatic heterocycles. The quantitative estimate of drug-likeness (QED) is 0.836. The Hall–Kier alpha value is -2.30. The van der Waals surface area contributed by atoms with Gasteiger partial charge in [-0.1, -0.05) is 30.3 Å². The highest BCUT2D eigenvalue weighted by molar-refractivity contribution is 5.92. The lowest BCUT2D eigenvalue weighted by Gasteiger charge is -2.21. The molecular formula is C14H17N3O2. The van der Waals surface area contributed by atoms with Gasteiger partial charge in [0.15, 0.2) is 5.69 Å². The molecule has 0 aliphatic rings. The van der Waals surface area contributed by atoms with Crippen LogP contribution in [0.4, 0.5) is 5.69 Å². The first-order valence-corrected chi connectivity index (χ1v) is 6.25. The molecule has 1 amide bonds. The third kappa shape index (κ3) is 3.13. The fourth-order valence-corrected chi connectivity index (χ4v) is 1.89. The van der Waals surface area contributed by atoms with E-state index >= 15 is 0 Å². The number of nitrogen functional groups attached to an aromatic ring is 1. The summed E-state index contributed by atoms with van der Waals surface area (Å²) in [7, 11) is 0. The van der Waals surface area contributed by atoms with Crippen LogP contribution < -0.4 is 5.73 Å². The maximum absolute atomic E-state index is 12.3. The number of aromatic nitrogens is 1. The molecule has 0 aliphatic carbocycles. The second-order valence-corrected chi connectivity index (χ2v) is 4.31. The molecular weight excluding hydrogens is 242 g/mol. The Labute approximate surface area is 112 Å². The molecule has 0 atom stereocenters. The van der Waals surface area contributed by atoms with Crippen LogP contribution in [0.5, 0.6) is 0 Å². The summed E-state index contributed by atoms with van der Waals surface area (Å²) in [6.45, 7) is 3.16. The van der Waals surface area contributed by atoms with Crippen molar-refractivity contribution in [3.8, 4) is 0 Å². The Balaban J connectivity index is 2.17. The molecule has 0 bridgehead atoms. The van der Waals surface area contributed by atoms with Gasteiger partial charge in [0, 0.05) is 24.8 Å². The van der Waals surface area contributed by atoms with Gasteiger partial charge in [-0.15, -0.1) is 0 Å². The van der Waals surface area contributed by atoms with Crippen molar-refractivity contribution in [2.45, 2.75) is 19.9 Å². The third-order valence-electron chi connectivity index (χ3n) is 2.85. The van der Waals surface area contributed by atoms with Crippen molar-refractivity contribution in [3.05, 3.63) is 47.9 Å². The number of nitrogens with zero attached hydrogens (tertiary/aromatic N) is 2. The van der Waals surface area contributed by atoms with Crippen LogP contribution in [0.25, 0.3) is 0 Å². The van der Waals surface area contributed by atoms with Crippen LogP contribution in [-0.4, -0.2) is 22.5 Å². The number of hydrogen-bond acceptors (Lipinski definition) is 4. The highest BCUT2D eigenvalue weighted by atomic mass is 16.5. The average molecular weight is 259 g/mol. The minimum Gasteiger partial charge on any atom is -0.398 e. The lowest BCUT2D eigenvalue weighted by Crippen LogP contribution is -2.31. The first kappa shape index (κ1) is 13.1. The first-order valence-electron chi connectivity index (χ1n) is 6.25. The fourth-order valence-electron chi connectivity index (χ4n) is 1.89. The molecule has 0 spiro atoms. The van der Waals surface area contributed by atoms with E-state index in [0.29, 0.717) is 24.5 Å². The van der Waals surface area contributed by atoms with Gasteiger partial charge in [0.2, 0.25) is 0 Å². The lowest BCUT2D eigenvalue weighted by atomic mass is 10.1. The number of anilines is 1. The summed E-state index contributed by atoms with van der Waals surface area (Å²) in [5.41, 5.74) is 7.86. The van der Waals surface area contributed by atoms with Crippen molar-refractivity contribution < 1.29 is 9.32 Å². The Morgan fingerprint density at radius 1 is 1.37 bits per heavy atom. The number of nitrogens with two attached hydrogens (primary N) is 1. The molecule has 0 saturated carbocycles. The van der Waals surface area contributed by atoms with Gasteiger partial charge in [0.25, 0.3) is 5.91 Å². The molecule has 2 aromatic rings. The predicted octanol–water partition coefficient (Wildman–Crippen LogP) is 2.31. The fraction of sp³-hybridized carbons (Fsp3) is 0.286. The van der Waals surface area contributed by atoms with Crippen LogP contribution >= 0.6 is 0 Å². The molecule has 0 saturated heterocycles. The SMILES string of the molecule is CCCN(Cc1ccccc1N)C(=O)c1ccon1. The van der Waals surface area contributed by atoms with Gasteiger partial charge in [0.1, 0.15) is 6.26 Å². The Kier molecular flexibility index (Phi) is 4.18. The van der Waals surface area contributed by atoms with E-state index in [1.54, 1.807) is 11.0 Å². The summed E-state index contributed by atoms with van der Waals surface area (Å²) in [5, 5.41) is 3.69. The third-order valence-corrected chi connectivity index (χ3v) is 2.85. The number of amides is 1. The highest BCUT2D eigenvalue weighted by Crippen LogP contribution is 2.15. The van der Waals surface area contributed by atoms with Crippen LogP contribution in [0.1, 0.15) is 29.4 Å². The summed E-state index contributed by atoms with van der Waals surface area (Å²) >= 11 is 0. The molecule has 2 rings (SSSR count). The molecule has 5 nitrogen and oxygen atoms in total. The zero-order valence-corrected chi connectivity index (χ0v) is 10.9. The number of para-hydroxylation sites is 1. The van der Waals surface area contributed by atoms with Crippen molar-refractivity contribution in [2.24, 2.45) is 0 Å². The molecule has 19 heavy (non-hydrogen) atoms. The summed E-state index contributed by atoms with van der Waals surface area (Å²) in [5.74, 6) is -0.140. The Morgan fingerprint density at radius 2 is 2.16 bits per heavy atom. The van der Waals surface area contributed by atoms with Gasteiger partial charge in [-0.3, -0.25) is 4.79 Å². The van der Waals surface area contributed by atoms with Crippen molar-refractivity contribution in [3.63, 3.8) is 0 Å². The van der Waals surface area contributed by atoms with Crippen molar-refractivity contribution in [1.82, 2.24) is 10.1 Å². The van der Waals surface area contributed by atoms with Gasteiger partial charge in [-0.05, 0) is 18.1 Å². The molecule has 5 heteroatoms. The van der Waals surface area contributed by atoms with Gasteiger partial charge >= 0.3 is 0 Å². The number of benzene rings is 1. The van der Waals surface area contributed by atoms with Crippen molar-refractivity contribution >= 4 is 11.6 Å². The normalized spacial score (nSPS) is 10.4. The van der Waals surface area contributed by atoms with E-state index in [2.05, 4.69) is 5.16 Å². The topological polar surface area (TPSA) is 72.4 Å². The maximum atomic E-state index is 12.3. The number of hydrogen-bond donors (Lipinski definition) is 1. The Morgan fingerprint density at radius 3 is 2.79 bits per heavy atom. The van der Waals surface area contributed by atoms with E-state index in [9.17, 15) is 4.79 Å². The maximum Gasteiger partial charge on any atom is 0.276 e. The number of carbonyl (C=O) groups is 1. The molecule has 100 valence electrons. The molecule has 0 radical (unpaired) electrons. The van der Waals surface area contributed by atoms with Gasteiger partial charge in [0.05, 0.1) is 0 Å². The van der Waals surface area contributed by atoms with Crippen LogP contribution in [0, 0.1) is 0 Å². The Bertz CT molecular complexity index is 537. The summed E-state index contributed by atoms with van der Waals surface area (Å²) in [4.78, 5) is 14.0. The molecule has 0 fully saturated rings. The molecule has 1 heterocycles. The number of rotatable bonds is 5. The minimum atomic E-state index is -0.140. The van der Waals surface area contributed by atoms with E-state index in [1.165, 1.54) is 6.26 Å². The molecule has 1 aromatic carbocycles. The van der Waals surface area contributed by atoms with E-state index < -0.39 is 0 Å². The van der Waals surface area contributed by atoms with E-state index in [-0.39, 0.29) is 5.91 Å². The van der Waals surface area contributed by atoms with Crippen molar-refractivity contribution in [2.75, 3.05) is 12.3 Å². The zero-order chi connectivity index (χ0) is 13.7. The van der Waals surface area contributed by atoms with E-state index in [4.69, 9.17) is 10.3 Å². The highest BCUT2D eigenvalue weighted by Gasteiger charge is 2.18. The largest absolute Gasteiger partial charge is 0.398 e. The summed E-state index contributed by atoms with van der Waals surface area (Å²) < 4.78 is 4.72. The van der Waals surface area contributed by atoms with Gasteiger partial charge in [-0.2, -0.15) is 0 Å². The van der Waals surface area contributed by atoms with Crippen LogP contribution in [-0.2, 0) is 6.54 Å². The average Bonchev–Trinajstić information content (AvgIpc) is 2.94. The summed E-state index contributed by atoms with van der Waals surface area (Å²) in [6.07, 6.45) is 2.27. The molecule has 0 unspecified atom stereocenters. The number of carbonyl (C=O) groups excluding carboxylic acids is 1. The van der Waals surface area contributed by atoms with Crippen LogP contribution in [0.2, 0.25) is 0 Å². The molecule has 1 aromatic heterocycles. The predicted molar refractivity (Wildman–Crippen MR) is 72.4 cm³/mol. The van der Waals surface area contributed by atoms with Crippen LogP contribution in [0.15, 0.2) is 41.1 Å². The second-order valence-electron chi connectivity index (χ2n) is 4.31. The first-order chi connectivity index (χ1) is 9.22. The molecule has 2 N–H and O–H groups in total. The van der Waals surface area contributed by atoms with Gasteiger partial charge < -0.3 is 15.2 Å².